The van der Waals surface area contributed by atoms with Crippen molar-refractivity contribution in [1.82, 2.24) is 25.2 Å². The van der Waals surface area contributed by atoms with E-state index >= 15 is 0 Å². The number of aromatic nitrogens is 3. The number of hydrogen-bond donors (Lipinski definition) is 1. The van der Waals surface area contributed by atoms with Crippen molar-refractivity contribution in [3.63, 3.8) is 0 Å². The highest BCUT2D eigenvalue weighted by Crippen LogP contribution is 2.25. The van der Waals surface area contributed by atoms with Gasteiger partial charge in [0.15, 0.2) is 0 Å². The molecule has 2 aliphatic rings. The average molecular weight is 353 g/mol. The van der Waals surface area contributed by atoms with E-state index in [1.54, 1.807) is 18.3 Å². The van der Waals surface area contributed by atoms with Crippen molar-refractivity contribution in [2.45, 2.75) is 38.8 Å². The summed E-state index contributed by atoms with van der Waals surface area (Å²) in [5, 5.41) is 3.44. The van der Waals surface area contributed by atoms with Crippen LogP contribution in [0.25, 0.3) is 0 Å². The Morgan fingerprint density at radius 3 is 3.15 bits per heavy atom. The fourth-order valence-electron chi connectivity index (χ4n) is 3.55. The minimum absolute atomic E-state index is 0.0614. The smallest absolute Gasteiger partial charge is 0.259 e. The van der Waals surface area contributed by atoms with Crippen LogP contribution in [0.5, 0.6) is 5.88 Å². The van der Waals surface area contributed by atoms with E-state index in [1.807, 2.05) is 18.0 Å². The molecule has 2 aliphatic heterocycles. The van der Waals surface area contributed by atoms with Gasteiger partial charge in [0, 0.05) is 37.5 Å². The number of pyridine rings is 1. The zero-order valence-electron chi connectivity index (χ0n) is 14.9. The van der Waals surface area contributed by atoms with Gasteiger partial charge in [0.05, 0.1) is 18.3 Å². The number of hydrogen-bond acceptors (Lipinski definition) is 6. The molecular weight excluding hydrogens is 330 g/mol. The van der Waals surface area contributed by atoms with Crippen molar-refractivity contribution in [2.24, 2.45) is 0 Å². The normalized spacial score (nSPS) is 19.3. The van der Waals surface area contributed by atoms with E-state index in [9.17, 15) is 4.79 Å². The summed E-state index contributed by atoms with van der Waals surface area (Å²) >= 11 is 0. The fourth-order valence-corrected chi connectivity index (χ4v) is 3.55. The third kappa shape index (κ3) is 3.26. The quantitative estimate of drug-likeness (QED) is 0.904. The monoisotopic (exact) mass is 353 g/mol. The third-order valence-corrected chi connectivity index (χ3v) is 4.89. The number of amides is 1. The minimum Gasteiger partial charge on any atom is -0.477 e. The Morgan fingerprint density at radius 2 is 2.35 bits per heavy atom. The first-order valence-electron chi connectivity index (χ1n) is 9.21. The largest absolute Gasteiger partial charge is 0.477 e. The second-order valence-electron chi connectivity index (χ2n) is 6.61. The molecule has 0 saturated carbocycles. The van der Waals surface area contributed by atoms with Crippen LogP contribution in [-0.4, -0.2) is 45.5 Å². The van der Waals surface area contributed by atoms with Gasteiger partial charge in [-0.2, -0.15) is 0 Å². The average Bonchev–Trinajstić information content (AvgIpc) is 3.22. The first-order chi connectivity index (χ1) is 12.8. The summed E-state index contributed by atoms with van der Waals surface area (Å²) in [5.41, 5.74) is 2.59. The molecule has 7 heteroatoms. The molecule has 1 N–H and O–H groups in total. The van der Waals surface area contributed by atoms with Crippen LogP contribution >= 0.6 is 0 Å². The lowest BCUT2D eigenvalue weighted by molar-refractivity contribution is 0.0728. The zero-order chi connectivity index (χ0) is 17.9. The van der Waals surface area contributed by atoms with E-state index in [0.29, 0.717) is 31.1 Å². The predicted octanol–water partition coefficient (Wildman–Crippen LogP) is 1.89. The molecule has 0 radical (unpaired) electrons. The summed E-state index contributed by atoms with van der Waals surface area (Å²) in [5.74, 6) is 1.21. The first-order valence-corrected chi connectivity index (χ1v) is 9.21. The van der Waals surface area contributed by atoms with E-state index < -0.39 is 0 Å². The molecule has 4 rings (SSSR count). The van der Waals surface area contributed by atoms with E-state index in [0.717, 1.165) is 36.5 Å². The number of fused-ring (bicyclic) bond motifs is 1. The molecule has 0 aliphatic carbocycles. The molecule has 136 valence electrons. The van der Waals surface area contributed by atoms with Crippen LogP contribution < -0.4 is 10.1 Å². The molecule has 0 aromatic carbocycles. The molecule has 2 aromatic rings. The number of ether oxygens (including phenoxy) is 1. The van der Waals surface area contributed by atoms with Gasteiger partial charge in [0.25, 0.3) is 5.91 Å². The van der Waals surface area contributed by atoms with Gasteiger partial charge in [0.2, 0.25) is 5.88 Å². The lowest BCUT2D eigenvalue weighted by Crippen LogP contribution is -2.37. The Bertz CT molecular complexity index is 804. The van der Waals surface area contributed by atoms with Crippen LogP contribution in [0.1, 0.15) is 53.2 Å². The molecule has 4 heterocycles. The van der Waals surface area contributed by atoms with Crippen molar-refractivity contribution in [2.75, 3.05) is 19.7 Å². The highest BCUT2D eigenvalue weighted by Gasteiger charge is 2.27. The molecule has 1 atom stereocenters. The Balaban J connectivity index is 1.52. The van der Waals surface area contributed by atoms with Gasteiger partial charge in [-0.1, -0.05) is 0 Å². The SMILES string of the molecule is CCOc1ncccc1C(=O)N1CCc2nc(C3CCCN3)ncc2C1. The molecule has 2 aromatic heterocycles. The van der Waals surface area contributed by atoms with Crippen LogP contribution in [-0.2, 0) is 13.0 Å². The number of nitrogens with one attached hydrogen (secondary N) is 1. The summed E-state index contributed by atoms with van der Waals surface area (Å²) in [6.07, 6.45) is 6.52. The molecule has 0 spiro atoms. The molecule has 1 saturated heterocycles. The van der Waals surface area contributed by atoms with Gasteiger partial charge in [-0.15, -0.1) is 0 Å². The third-order valence-electron chi connectivity index (χ3n) is 4.89. The Labute approximate surface area is 152 Å². The number of nitrogens with zero attached hydrogens (tertiary/aromatic N) is 4. The van der Waals surface area contributed by atoms with E-state index in [-0.39, 0.29) is 11.9 Å². The van der Waals surface area contributed by atoms with Crippen LogP contribution in [0.4, 0.5) is 0 Å². The van der Waals surface area contributed by atoms with Crippen LogP contribution in [0.15, 0.2) is 24.5 Å². The minimum atomic E-state index is -0.0614. The Morgan fingerprint density at radius 1 is 1.42 bits per heavy atom. The molecule has 7 nitrogen and oxygen atoms in total. The van der Waals surface area contributed by atoms with Gasteiger partial charge in [-0.3, -0.25) is 4.79 Å². The summed E-state index contributed by atoms with van der Waals surface area (Å²) in [6, 6.07) is 3.79. The highest BCUT2D eigenvalue weighted by molar-refractivity contribution is 5.96. The van der Waals surface area contributed by atoms with E-state index in [2.05, 4.69) is 15.3 Å². The number of carbonyl (C=O) groups excluding carboxylic acids is 1. The highest BCUT2D eigenvalue weighted by atomic mass is 16.5. The van der Waals surface area contributed by atoms with Crippen molar-refractivity contribution in [3.05, 3.63) is 47.2 Å². The first kappa shape index (κ1) is 16.9. The van der Waals surface area contributed by atoms with Gasteiger partial charge < -0.3 is 15.0 Å². The van der Waals surface area contributed by atoms with Crippen molar-refractivity contribution < 1.29 is 9.53 Å². The summed E-state index contributed by atoms with van der Waals surface area (Å²) < 4.78 is 5.50. The predicted molar refractivity (Wildman–Crippen MR) is 95.9 cm³/mol. The van der Waals surface area contributed by atoms with E-state index in [1.165, 1.54) is 6.42 Å². The second-order valence-corrected chi connectivity index (χ2v) is 6.61. The van der Waals surface area contributed by atoms with Crippen LogP contribution in [0, 0.1) is 0 Å². The number of rotatable bonds is 4. The van der Waals surface area contributed by atoms with Gasteiger partial charge >= 0.3 is 0 Å². The number of carbonyl (C=O) groups is 1. The lowest BCUT2D eigenvalue weighted by Gasteiger charge is -2.29. The summed E-state index contributed by atoms with van der Waals surface area (Å²) in [4.78, 5) is 28.2. The van der Waals surface area contributed by atoms with Crippen molar-refractivity contribution in [3.8, 4) is 5.88 Å². The van der Waals surface area contributed by atoms with Crippen molar-refractivity contribution in [1.29, 1.82) is 0 Å². The maximum Gasteiger partial charge on any atom is 0.259 e. The maximum atomic E-state index is 12.9. The maximum absolute atomic E-state index is 12.9. The molecular formula is C19H23N5O2. The van der Waals surface area contributed by atoms with Gasteiger partial charge in [0.1, 0.15) is 11.4 Å². The van der Waals surface area contributed by atoms with Crippen LogP contribution in [0.3, 0.4) is 0 Å². The topological polar surface area (TPSA) is 80.2 Å². The van der Waals surface area contributed by atoms with Crippen molar-refractivity contribution >= 4 is 5.91 Å². The molecule has 26 heavy (non-hydrogen) atoms. The fraction of sp³-hybridized carbons (Fsp3) is 0.474. The zero-order valence-corrected chi connectivity index (χ0v) is 14.9. The van der Waals surface area contributed by atoms with Crippen LogP contribution in [0.2, 0.25) is 0 Å². The van der Waals surface area contributed by atoms with Gasteiger partial charge in [-0.05, 0) is 38.4 Å². The molecule has 1 amide bonds. The second kappa shape index (κ2) is 7.37. The molecule has 0 bridgehead atoms. The summed E-state index contributed by atoms with van der Waals surface area (Å²) in [7, 11) is 0. The molecule has 1 unspecified atom stereocenters. The Kier molecular flexibility index (Phi) is 4.79. The standard InChI is InChI=1S/C19H23N5O2/c1-2-26-18-14(5-3-9-21-18)19(25)24-10-7-15-13(12-24)11-22-17(23-15)16-6-4-8-20-16/h3,5,9,11,16,20H,2,4,6-8,10,12H2,1H3. The molecule has 1 fully saturated rings. The van der Waals surface area contributed by atoms with Gasteiger partial charge in [-0.25, -0.2) is 15.0 Å². The lowest BCUT2D eigenvalue weighted by atomic mass is 10.1. The summed E-state index contributed by atoms with van der Waals surface area (Å²) in [6.45, 7) is 4.55. The Hall–Kier alpha value is -2.54. The van der Waals surface area contributed by atoms with E-state index in [4.69, 9.17) is 9.72 Å².